The molecule has 2 rings (SSSR count). The van der Waals surface area contributed by atoms with E-state index in [2.05, 4.69) is 0 Å². The van der Waals surface area contributed by atoms with Crippen LogP contribution in [0.3, 0.4) is 0 Å². The van der Waals surface area contributed by atoms with Crippen LogP contribution in [-0.2, 0) is 0 Å². The largest absolute Gasteiger partial charge is 0.207 e. The highest BCUT2D eigenvalue weighted by Crippen LogP contribution is 2.26. The van der Waals surface area contributed by atoms with Gasteiger partial charge >= 0.3 is 0 Å². The number of rotatable bonds is 1. The van der Waals surface area contributed by atoms with Crippen LogP contribution in [0.2, 0.25) is 0 Å². The fourth-order valence-corrected chi connectivity index (χ4v) is 1.88. The zero-order valence-electron chi connectivity index (χ0n) is 7.68. The van der Waals surface area contributed by atoms with Crippen LogP contribution in [0.5, 0.6) is 0 Å². The van der Waals surface area contributed by atoms with Crippen LogP contribution in [0.1, 0.15) is 0 Å². The van der Waals surface area contributed by atoms with Gasteiger partial charge in [0.1, 0.15) is 11.6 Å². The van der Waals surface area contributed by atoms with Crippen molar-refractivity contribution in [2.45, 2.75) is 0 Å². The van der Waals surface area contributed by atoms with Crippen LogP contribution < -0.4 is 0 Å². The summed E-state index contributed by atoms with van der Waals surface area (Å²) in [5, 5.41) is 0. The molecule has 0 radical (unpaired) electrons. The Balaban J connectivity index is 2.59. The van der Waals surface area contributed by atoms with Crippen molar-refractivity contribution in [3.63, 3.8) is 0 Å². The molecule has 0 unspecified atom stereocenters. The second kappa shape index (κ2) is 4.26. The smallest absolute Gasteiger partial charge is 0.144 e. The lowest BCUT2D eigenvalue weighted by atomic mass is 10.1. The van der Waals surface area contributed by atoms with E-state index < -0.39 is 0 Å². The van der Waals surface area contributed by atoms with Gasteiger partial charge in [0, 0.05) is 9.13 Å². The Morgan fingerprint density at radius 2 is 1.67 bits per heavy atom. The molecule has 0 amide bonds. The predicted octanol–water partition coefficient (Wildman–Crippen LogP) is 4.24. The minimum atomic E-state index is -0.356. The molecule has 0 saturated carbocycles. The van der Waals surface area contributed by atoms with Crippen molar-refractivity contribution in [2.24, 2.45) is 0 Å². The Bertz CT molecular complexity index is 495. The molecule has 0 bridgehead atoms. The Labute approximate surface area is 100 Å². The molecule has 0 aliphatic carbocycles. The number of halogens is 3. The quantitative estimate of drug-likeness (QED) is 0.691. The summed E-state index contributed by atoms with van der Waals surface area (Å²) in [5.41, 5.74) is 0.993. The third-order valence-electron chi connectivity index (χ3n) is 2.09. The summed E-state index contributed by atoms with van der Waals surface area (Å²) in [6.45, 7) is 0. The first-order chi connectivity index (χ1) is 7.18. The molecule has 2 aromatic carbocycles. The minimum Gasteiger partial charge on any atom is -0.207 e. The van der Waals surface area contributed by atoms with Crippen molar-refractivity contribution in [1.82, 2.24) is 0 Å². The molecule has 0 aliphatic heterocycles. The van der Waals surface area contributed by atoms with Gasteiger partial charge in [-0.3, -0.25) is 0 Å². The normalized spacial score (nSPS) is 10.3. The Morgan fingerprint density at radius 3 is 2.40 bits per heavy atom. The molecule has 2 aromatic rings. The molecule has 76 valence electrons. The van der Waals surface area contributed by atoms with E-state index >= 15 is 0 Å². The highest BCUT2D eigenvalue weighted by Gasteiger charge is 2.07. The van der Waals surface area contributed by atoms with E-state index in [-0.39, 0.29) is 11.6 Å². The van der Waals surface area contributed by atoms with Gasteiger partial charge in [-0.25, -0.2) is 8.78 Å². The molecular formula is C12H7F2I. The second-order valence-corrected chi connectivity index (χ2v) is 4.27. The summed E-state index contributed by atoms with van der Waals surface area (Å²) in [7, 11) is 0. The third kappa shape index (κ3) is 2.17. The van der Waals surface area contributed by atoms with Gasteiger partial charge in [-0.1, -0.05) is 24.3 Å². The van der Waals surface area contributed by atoms with Gasteiger partial charge in [-0.2, -0.15) is 0 Å². The van der Waals surface area contributed by atoms with Gasteiger partial charge < -0.3 is 0 Å². The van der Waals surface area contributed by atoms with Gasteiger partial charge in [0.15, 0.2) is 0 Å². The van der Waals surface area contributed by atoms with Crippen molar-refractivity contribution in [3.8, 4) is 11.1 Å². The van der Waals surface area contributed by atoms with Crippen LogP contribution in [-0.4, -0.2) is 0 Å². The average molecular weight is 316 g/mol. The summed E-state index contributed by atoms with van der Waals surface area (Å²) in [4.78, 5) is 0. The van der Waals surface area contributed by atoms with Crippen molar-refractivity contribution in [1.29, 1.82) is 0 Å². The van der Waals surface area contributed by atoms with Crippen LogP contribution >= 0.6 is 22.6 Å². The first kappa shape index (κ1) is 10.5. The molecule has 3 heteroatoms. The molecule has 0 heterocycles. The first-order valence-corrected chi connectivity index (χ1v) is 5.46. The SMILES string of the molecule is Fc1cccc(-c2cccc(I)c2F)c1. The van der Waals surface area contributed by atoms with E-state index in [4.69, 9.17) is 0 Å². The van der Waals surface area contributed by atoms with Crippen molar-refractivity contribution < 1.29 is 8.78 Å². The molecule has 0 atom stereocenters. The molecule has 0 saturated heterocycles. The third-order valence-corrected chi connectivity index (χ3v) is 2.92. The topological polar surface area (TPSA) is 0 Å². The average Bonchev–Trinajstić information content (AvgIpc) is 2.22. The molecule has 0 aliphatic rings. The molecule has 0 spiro atoms. The van der Waals surface area contributed by atoms with E-state index in [1.165, 1.54) is 12.1 Å². The maximum atomic E-state index is 13.7. The van der Waals surface area contributed by atoms with Crippen LogP contribution in [0.4, 0.5) is 8.78 Å². The van der Waals surface area contributed by atoms with Gasteiger partial charge in [0.05, 0.1) is 0 Å². The van der Waals surface area contributed by atoms with Crippen molar-refractivity contribution in [3.05, 3.63) is 57.7 Å². The first-order valence-electron chi connectivity index (χ1n) is 4.38. The molecule has 0 N–H and O–H groups in total. The molecule has 0 fully saturated rings. The molecule has 15 heavy (non-hydrogen) atoms. The lowest BCUT2D eigenvalue weighted by molar-refractivity contribution is 0.620. The zero-order valence-corrected chi connectivity index (χ0v) is 9.83. The van der Waals surface area contributed by atoms with Crippen LogP contribution in [0.25, 0.3) is 11.1 Å². The molecule has 0 aromatic heterocycles. The van der Waals surface area contributed by atoms with Gasteiger partial charge in [0.25, 0.3) is 0 Å². The van der Waals surface area contributed by atoms with E-state index in [0.717, 1.165) is 0 Å². The zero-order chi connectivity index (χ0) is 10.8. The summed E-state index contributed by atoms with van der Waals surface area (Å²) >= 11 is 1.92. The summed E-state index contributed by atoms with van der Waals surface area (Å²) < 4.78 is 27.2. The molecular weight excluding hydrogens is 309 g/mol. The highest BCUT2D eigenvalue weighted by atomic mass is 127. The fraction of sp³-hybridized carbons (Fsp3) is 0. The monoisotopic (exact) mass is 316 g/mol. The minimum absolute atomic E-state index is 0.302. The highest BCUT2D eigenvalue weighted by molar-refractivity contribution is 14.1. The Hall–Kier alpha value is -0.970. The maximum Gasteiger partial charge on any atom is 0.144 e. The van der Waals surface area contributed by atoms with Gasteiger partial charge in [0.2, 0.25) is 0 Å². The standard InChI is InChI=1S/C12H7F2I/c13-9-4-1-3-8(7-9)10-5-2-6-11(15)12(10)14/h1-7H. The number of hydrogen-bond donors (Lipinski definition) is 0. The maximum absolute atomic E-state index is 13.7. The van der Waals surface area contributed by atoms with E-state index in [1.807, 2.05) is 22.6 Å². The van der Waals surface area contributed by atoms with E-state index in [1.54, 1.807) is 30.3 Å². The van der Waals surface area contributed by atoms with Crippen LogP contribution in [0, 0.1) is 15.2 Å². The fourth-order valence-electron chi connectivity index (χ4n) is 1.38. The second-order valence-electron chi connectivity index (χ2n) is 3.11. The lowest BCUT2D eigenvalue weighted by Crippen LogP contribution is -1.88. The summed E-state index contributed by atoms with van der Waals surface area (Å²) in [6.07, 6.45) is 0. The van der Waals surface area contributed by atoms with Crippen molar-refractivity contribution >= 4 is 22.6 Å². The van der Waals surface area contributed by atoms with E-state index in [0.29, 0.717) is 14.7 Å². The lowest BCUT2D eigenvalue weighted by Gasteiger charge is -2.04. The van der Waals surface area contributed by atoms with Gasteiger partial charge in [-0.05, 0) is 46.4 Å². The number of hydrogen-bond acceptors (Lipinski definition) is 0. The van der Waals surface area contributed by atoms with E-state index in [9.17, 15) is 8.78 Å². The Morgan fingerprint density at radius 1 is 0.933 bits per heavy atom. The number of benzene rings is 2. The van der Waals surface area contributed by atoms with Crippen LogP contribution in [0.15, 0.2) is 42.5 Å². The predicted molar refractivity (Wildman–Crippen MR) is 64.5 cm³/mol. The molecule has 0 nitrogen and oxygen atoms in total. The Kier molecular flexibility index (Phi) is 3.00. The van der Waals surface area contributed by atoms with Crippen molar-refractivity contribution in [2.75, 3.05) is 0 Å². The van der Waals surface area contributed by atoms with Gasteiger partial charge in [-0.15, -0.1) is 0 Å². The summed E-state index contributed by atoms with van der Waals surface area (Å²) in [6, 6.07) is 11.0. The summed E-state index contributed by atoms with van der Waals surface area (Å²) in [5.74, 6) is -0.658.